The van der Waals surface area contributed by atoms with E-state index in [1.165, 1.54) is 34.1 Å². The van der Waals surface area contributed by atoms with Gasteiger partial charge in [-0.05, 0) is 35.2 Å². The van der Waals surface area contributed by atoms with Crippen molar-refractivity contribution >= 4 is 15.9 Å². The van der Waals surface area contributed by atoms with Crippen LogP contribution in [0, 0.1) is 17.0 Å². The summed E-state index contributed by atoms with van der Waals surface area (Å²) in [5, 5.41) is 0. The Kier molecular flexibility index (Phi) is 9.13. The first-order chi connectivity index (χ1) is 19.3. The van der Waals surface area contributed by atoms with E-state index < -0.39 is 45.1 Å². The fourth-order valence-corrected chi connectivity index (χ4v) is 6.26. The Hall–Kier alpha value is -3.38. The summed E-state index contributed by atoms with van der Waals surface area (Å²) in [4.78, 5) is 21.6. The molecule has 41 heavy (non-hydrogen) atoms. The van der Waals surface area contributed by atoms with Crippen molar-refractivity contribution in [3.63, 3.8) is 0 Å². The number of hydrogen-bond donors (Lipinski definition) is 1. The Labute approximate surface area is 238 Å². The number of benzene rings is 2. The van der Waals surface area contributed by atoms with Gasteiger partial charge in [0.15, 0.2) is 9.84 Å². The number of nitrogens with two attached hydrogens (primary N) is 1. The van der Waals surface area contributed by atoms with Gasteiger partial charge in [0.25, 0.3) is 0 Å². The van der Waals surface area contributed by atoms with Gasteiger partial charge in [-0.3, -0.25) is 0 Å². The molecule has 222 valence electrons. The van der Waals surface area contributed by atoms with Gasteiger partial charge in [-0.2, -0.15) is 0 Å². The Bertz CT molecular complexity index is 1470. The summed E-state index contributed by atoms with van der Waals surface area (Å²) >= 11 is 0. The third-order valence-electron chi connectivity index (χ3n) is 7.06. The maximum atomic E-state index is 15.0. The number of urea groups is 1. The Morgan fingerprint density at radius 3 is 2.29 bits per heavy atom. The maximum Gasteiger partial charge on any atom is 0.320 e. The molecule has 1 saturated heterocycles. The van der Waals surface area contributed by atoms with E-state index in [-0.39, 0.29) is 44.2 Å². The molecule has 2 amide bonds. The second-order valence-electron chi connectivity index (χ2n) is 11.4. The van der Waals surface area contributed by atoms with Gasteiger partial charge in [0.2, 0.25) is 0 Å². The molecule has 0 unspecified atom stereocenters. The minimum absolute atomic E-state index is 0.0135. The van der Waals surface area contributed by atoms with Gasteiger partial charge >= 0.3 is 6.03 Å². The molecule has 2 atom stereocenters. The molecule has 12 heteroatoms. The average Bonchev–Trinajstić information content (AvgIpc) is 3.30. The van der Waals surface area contributed by atoms with Crippen LogP contribution in [-0.2, 0) is 16.4 Å². The molecule has 1 aliphatic rings. The molecule has 4 rings (SSSR count). The fraction of sp³-hybridized carbons (Fsp3) is 0.448. The Balaban J connectivity index is 1.85. The third kappa shape index (κ3) is 7.48. The van der Waals surface area contributed by atoms with Gasteiger partial charge in [0.1, 0.15) is 23.6 Å². The molecule has 3 aromatic rings. The van der Waals surface area contributed by atoms with E-state index in [0.29, 0.717) is 22.6 Å². The summed E-state index contributed by atoms with van der Waals surface area (Å²) in [6.45, 7) is 5.15. The van der Waals surface area contributed by atoms with Crippen LogP contribution in [0.25, 0.3) is 11.3 Å². The number of nitrogens with zero attached hydrogens (tertiary/aromatic N) is 4. The van der Waals surface area contributed by atoms with E-state index >= 15 is 0 Å². The predicted octanol–water partition coefficient (Wildman–Crippen LogP) is 4.41. The standard InChI is InChI=1S/C29H36F3N5O3S/c1-29(2,3)26(37(18-24(32)16-33)28(38)35-10-12-41(39,40)13-11-35)27-34-25(21-7-5-9-23(31)15-21)19-36(27)17-20-6-4-8-22(30)14-20/h4-9,14-15,19,24,26H,10-13,16-18,33H2,1-3H3/t24-,26-/m0/s1. The van der Waals surface area contributed by atoms with Gasteiger partial charge in [-0.15, -0.1) is 0 Å². The summed E-state index contributed by atoms with van der Waals surface area (Å²) in [5.41, 5.74) is 6.49. The molecule has 0 bridgehead atoms. The van der Waals surface area contributed by atoms with Gasteiger partial charge in [-0.25, -0.2) is 31.4 Å². The van der Waals surface area contributed by atoms with Crippen LogP contribution >= 0.6 is 0 Å². The summed E-state index contributed by atoms with van der Waals surface area (Å²) in [5.74, 6) is -0.831. The zero-order valence-electron chi connectivity index (χ0n) is 23.4. The maximum absolute atomic E-state index is 15.0. The molecule has 2 N–H and O–H groups in total. The number of halogens is 3. The van der Waals surface area contributed by atoms with Crippen LogP contribution in [0.5, 0.6) is 0 Å². The highest BCUT2D eigenvalue weighted by Crippen LogP contribution is 2.40. The highest BCUT2D eigenvalue weighted by Gasteiger charge is 2.41. The van der Waals surface area contributed by atoms with E-state index in [9.17, 15) is 26.4 Å². The number of rotatable bonds is 8. The molecule has 0 spiro atoms. The molecule has 2 heterocycles. The Morgan fingerprint density at radius 2 is 1.71 bits per heavy atom. The van der Waals surface area contributed by atoms with Crippen LogP contribution in [0.1, 0.15) is 38.2 Å². The molecule has 1 fully saturated rings. The predicted molar refractivity (Wildman–Crippen MR) is 152 cm³/mol. The van der Waals surface area contributed by atoms with E-state index in [0.717, 1.165) is 0 Å². The number of carbonyl (C=O) groups is 1. The number of sulfone groups is 1. The van der Waals surface area contributed by atoms with Crippen LogP contribution < -0.4 is 5.73 Å². The third-order valence-corrected chi connectivity index (χ3v) is 8.67. The lowest BCUT2D eigenvalue weighted by Gasteiger charge is -2.43. The summed E-state index contributed by atoms with van der Waals surface area (Å²) in [6.07, 6.45) is 0.159. The van der Waals surface area contributed by atoms with Crippen LogP contribution in [-0.4, -0.2) is 77.7 Å². The van der Waals surface area contributed by atoms with Gasteiger partial charge in [-0.1, -0.05) is 45.0 Å². The molecular weight excluding hydrogens is 555 g/mol. The zero-order valence-corrected chi connectivity index (χ0v) is 24.3. The van der Waals surface area contributed by atoms with Crippen molar-refractivity contribution in [2.24, 2.45) is 11.1 Å². The average molecular weight is 592 g/mol. The lowest BCUT2D eigenvalue weighted by Crippen LogP contribution is -2.54. The highest BCUT2D eigenvalue weighted by molar-refractivity contribution is 7.91. The number of aromatic nitrogens is 2. The van der Waals surface area contributed by atoms with Crippen molar-refractivity contribution < 1.29 is 26.4 Å². The second-order valence-corrected chi connectivity index (χ2v) is 13.7. The van der Waals surface area contributed by atoms with Crippen LogP contribution in [0.3, 0.4) is 0 Å². The Morgan fingerprint density at radius 1 is 1.07 bits per heavy atom. The monoisotopic (exact) mass is 591 g/mol. The number of imidazole rings is 1. The molecule has 2 aromatic carbocycles. The largest absolute Gasteiger partial charge is 0.328 e. The summed E-state index contributed by atoms with van der Waals surface area (Å²) < 4.78 is 69.0. The zero-order chi connectivity index (χ0) is 29.9. The topological polar surface area (TPSA) is 102 Å². The molecule has 0 aliphatic carbocycles. The number of alkyl halides is 1. The number of carbonyl (C=O) groups excluding carboxylic acids is 1. The van der Waals surface area contributed by atoms with Crippen LogP contribution in [0.15, 0.2) is 54.7 Å². The van der Waals surface area contributed by atoms with E-state index in [4.69, 9.17) is 10.7 Å². The van der Waals surface area contributed by atoms with Crippen LogP contribution in [0.2, 0.25) is 0 Å². The van der Waals surface area contributed by atoms with Crippen molar-refractivity contribution in [3.8, 4) is 11.3 Å². The van der Waals surface area contributed by atoms with E-state index in [1.807, 2.05) is 20.8 Å². The normalized spacial score (nSPS) is 16.8. The molecule has 1 aromatic heterocycles. The van der Waals surface area contributed by atoms with Gasteiger partial charge in [0.05, 0.1) is 29.8 Å². The summed E-state index contributed by atoms with van der Waals surface area (Å²) in [6, 6.07) is 10.7. The summed E-state index contributed by atoms with van der Waals surface area (Å²) in [7, 11) is -3.26. The molecule has 0 saturated carbocycles. The lowest BCUT2D eigenvalue weighted by atomic mass is 9.84. The second kappa shape index (κ2) is 12.2. The fourth-order valence-electron chi connectivity index (χ4n) is 5.06. The van der Waals surface area contributed by atoms with Crippen molar-refractivity contribution in [2.75, 3.05) is 37.7 Å². The lowest BCUT2D eigenvalue weighted by molar-refractivity contribution is 0.0690. The smallest absolute Gasteiger partial charge is 0.320 e. The first-order valence-corrected chi connectivity index (χ1v) is 15.3. The number of hydrogen-bond acceptors (Lipinski definition) is 5. The minimum Gasteiger partial charge on any atom is -0.328 e. The molecule has 0 radical (unpaired) electrons. The molecule has 8 nitrogen and oxygen atoms in total. The van der Waals surface area contributed by atoms with Gasteiger partial charge in [0, 0.05) is 37.9 Å². The van der Waals surface area contributed by atoms with Crippen molar-refractivity contribution in [1.82, 2.24) is 19.4 Å². The van der Waals surface area contributed by atoms with E-state index in [2.05, 4.69) is 0 Å². The van der Waals surface area contributed by atoms with Crippen molar-refractivity contribution in [2.45, 2.75) is 39.5 Å². The van der Waals surface area contributed by atoms with Gasteiger partial charge < -0.3 is 20.1 Å². The molecule has 1 aliphatic heterocycles. The number of amides is 2. The van der Waals surface area contributed by atoms with E-state index in [1.54, 1.807) is 35.0 Å². The minimum atomic E-state index is -3.26. The highest BCUT2D eigenvalue weighted by atomic mass is 32.2. The molecular formula is C29H36F3N5O3S. The quantitative estimate of drug-likeness (QED) is 0.418. The van der Waals surface area contributed by atoms with Crippen LogP contribution in [0.4, 0.5) is 18.0 Å². The first-order valence-electron chi connectivity index (χ1n) is 13.4. The SMILES string of the molecule is CC(C)(C)[C@H](c1nc(-c2cccc(F)c2)cn1Cc1cccc(F)c1)N(C[C@@H](F)CN)C(=O)N1CCS(=O)(=O)CC1. The van der Waals surface area contributed by atoms with Crippen molar-refractivity contribution in [3.05, 3.63) is 77.8 Å². The van der Waals surface area contributed by atoms with Crippen molar-refractivity contribution in [1.29, 1.82) is 0 Å². The first kappa shape index (κ1) is 30.6.